The van der Waals surface area contributed by atoms with Crippen LogP contribution in [0.5, 0.6) is 0 Å². The molecule has 0 aliphatic carbocycles. The van der Waals surface area contributed by atoms with Gasteiger partial charge in [0.2, 0.25) is 0 Å². The van der Waals surface area contributed by atoms with E-state index in [-0.39, 0.29) is 12.4 Å². The molecular weight excluding hydrogens is 390 g/mol. The van der Waals surface area contributed by atoms with Crippen molar-refractivity contribution >= 4 is 22.2 Å². The molecule has 0 fully saturated rings. The monoisotopic (exact) mass is 439 g/mol. The Morgan fingerprint density at radius 2 is 0.821 bits per heavy atom. The van der Waals surface area contributed by atoms with Crippen LogP contribution < -0.4 is 5.73 Å². The van der Waals surface area contributed by atoms with E-state index in [0.29, 0.717) is 6.42 Å². The van der Waals surface area contributed by atoms with Crippen molar-refractivity contribution in [2.75, 3.05) is 6.26 Å². The first kappa shape index (κ1) is 30.4. The fourth-order valence-electron chi connectivity index (χ4n) is 3.64. The topological polar surface area (TPSA) is 60.2 Å². The molecule has 0 aliphatic rings. The van der Waals surface area contributed by atoms with E-state index >= 15 is 0 Å². The van der Waals surface area contributed by atoms with Crippen LogP contribution in [0.2, 0.25) is 0 Å². The third-order valence-corrected chi connectivity index (χ3v) is 6.98. The van der Waals surface area contributed by atoms with Crippen molar-refractivity contribution in [3.63, 3.8) is 0 Å². The Bertz CT molecular complexity index is 401. The van der Waals surface area contributed by atoms with Gasteiger partial charge < -0.3 is 5.73 Å². The van der Waals surface area contributed by atoms with E-state index in [4.69, 9.17) is 5.73 Å². The van der Waals surface area contributed by atoms with Crippen molar-refractivity contribution in [1.82, 2.24) is 0 Å². The van der Waals surface area contributed by atoms with Gasteiger partial charge in [0.05, 0.1) is 0 Å². The largest absolute Gasteiger partial charge is 0.315 e. The molecule has 1 unspecified atom stereocenters. The smallest absolute Gasteiger partial charge is 0.163 e. The first-order chi connectivity index (χ1) is 13.0. The Hall–Kier alpha value is 0.200. The number of hydrogen-bond donors (Lipinski definition) is 1. The Labute approximate surface area is 183 Å². The lowest BCUT2D eigenvalue weighted by atomic mass is 10.0. The maximum absolute atomic E-state index is 11.2. The molecule has 0 bridgehead atoms. The molecule has 28 heavy (non-hydrogen) atoms. The predicted molar refractivity (Wildman–Crippen MR) is 128 cm³/mol. The second kappa shape index (κ2) is 21.9. The minimum Gasteiger partial charge on any atom is -0.315 e. The average molecular weight is 440 g/mol. The highest BCUT2D eigenvalue weighted by molar-refractivity contribution is 7.91. The van der Waals surface area contributed by atoms with E-state index in [1.807, 2.05) is 0 Å². The van der Waals surface area contributed by atoms with E-state index < -0.39 is 15.2 Å². The van der Waals surface area contributed by atoms with Gasteiger partial charge in [0.15, 0.2) is 9.84 Å². The zero-order chi connectivity index (χ0) is 20.2. The Balaban J connectivity index is 0. The second-order valence-corrected chi connectivity index (χ2v) is 10.8. The van der Waals surface area contributed by atoms with Crippen LogP contribution in [0.1, 0.15) is 135 Å². The molecule has 1 atom stereocenters. The van der Waals surface area contributed by atoms with Crippen molar-refractivity contribution in [2.45, 2.75) is 141 Å². The van der Waals surface area contributed by atoms with Crippen LogP contribution >= 0.6 is 12.4 Å². The van der Waals surface area contributed by atoms with E-state index in [0.717, 1.165) is 12.8 Å². The quantitative estimate of drug-likeness (QED) is 0.187. The molecule has 172 valence electrons. The molecule has 3 nitrogen and oxygen atoms in total. The lowest BCUT2D eigenvalue weighted by molar-refractivity contribution is 0.519. The van der Waals surface area contributed by atoms with Gasteiger partial charge in [-0.1, -0.05) is 129 Å². The van der Waals surface area contributed by atoms with Crippen LogP contribution in [-0.2, 0) is 9.84 Å². The number of halogens is 1. The molecule has 5 heteroatoms. The molecule has 0 heterocycles. The molecule has 0 amide bonds. The molecule has 0 aromatic rings. The van der Waals surface area contributed by atoms with E-state index in [1.54, 1.807) is 0 Å². The maximum atomic E-state index is 11.2. The number of hydrogen-bond acceptors (Lipinski definition) is 3. The molecule has 0 aromatic heterocycles. The number of unbranched alkanes of at least 4 members (excludes halogenated alkanes) is 18. The van der Waals surface area contributed by atoms with Crippen LogP contribution in [0.25, 0.3) is 0 Å². The van der Waals surface area contributed by atoms with Gasteiger partial charge >= 0.3 is 0 Å². The van der Waals surface area contributed by atoms with Crippen LogP contribution in [0.3, 0.4) is 0 Å². The summed E-state index contributed by atoms with van der Waals surface area (Å²) in [6, 6.07) is 0. The number of rotatable bonds is 21. The SMILES string of the molecule is CCCCCCCCCCCCCCCCCCCCCC(N)S(C)(=O)=O.Cl. The van der Waals surface area contributed by atoms with Crippen LogP contribution in [0.15, 0.2) is 0 Å². The molecular formula is C23H50ClNO2S. The van der Waals surface area contributed by atoms with Crippen molar-refractivity contribution in [3.05, 3.63) is 0 Å². The third kappa shape index (κ3) is 22.5. The summed E-state index contributed by atoms with van der Waals surface area (Å²) in [4.78, 5) is 0. The Morgan fingerprint density at radius 1 is 0.571 bits per heavy atom. The summed E-state index contributed by atoms with van der Waals surface area (Å²) in [5, 5.41) is -0.664. The standard InChI is InChI=1S/C23H49NO2S.ClH/c1-3-4-5-6-7-8-9-10-11-12-13-14-15-16-17-18-19-20-21-22-23(24)27(2,25)26;/h23H,3-22,24H2,1-2H3;1H. The van der Waals surface area contributed by atoms with E-state index in [2.05, 4.69) is 6.92 Å². The number of sulfone groups is 1. The highest BCUT2D eigenvalue weighted by Gasteiger charge is 2.13. The lowest BCUT2D eigenvalue weighted by Gasteiger charge is -2.08. The van der Waals surface area contributed by atoms with Crippen molar-refractivity contribution in [1.29, 1.82) is 0 Å². The summed E-state index contributed by atoms with van der Waals surface area (Å²) in [5.74, 6) is 0. The summed E-state index contributed by atoms with van der Waals surface area (Å²) in [5.41, 5.74) is 5.64. The summed E-state index contributed by atoms with van der Waals surface area (Å²) in [7, 11) is -3.05. The Kier molecular flexibility index (Phi) is 23.8. The second-order valence-electron chi connectivity index (χ2n) is 8.52. The minimum atomic E-state index is -3.05. The number of nitrogens with two attached hydrogens (primary N) is 1. The first-order valence-electron chi connectivity index (χ1n) is 11.9. The fourth-order valence-corrected chi connectivity index (χ4v) is 4.23. The molecule has 0 aromatic carbocycles. The van der Waals surface area contributed by atoms with Gasteiger partial charge in [-0.25, -0.2) is 8.42 Å². The third-order valence-electron chi connectivity index (χ3n) is 5.64. The molecule has 0 radical (unpaired) electrons. The van der Waals surface area contributed by atoms with Gasteiger partial charge in [0.25, 0.3) is 0 Å². The van der Waals surface area contributed by atoms with Crippen LogP contribution in [-0.4, -0.2) is 20.0 Å². The minimum absolute atomic E-state index is 0. The van der Waals surface area contributed by atoms with Crippen molar-refractivity contribution < 1.29 is 8.42 Å². The Morgan fingerprint density at radius 3 is 1.07 bits per heavy atom. The van der Waals surface area contributed by atoms with E-state index in [9.17, 15) is 8.42 Å². The normalized spacial score (nSPS) is 12.7. The first-order valence-corrected chi connectivity index (χ1v) is 13.9. The van der Waals surface area contributed by atoms with Gasteiger partial charge in [-0.15, -0.1) is 12.4 Å². The zero-order valence-electron chi connectivity index (χ0n) is 18.9. The fraction of sp³-hybridized carbons (Fsp3) is 1.00. The maximum Gasteiger partial charge on any atom is 0.163 e. The molecule has 0 rings (SSSR count). The molecule has 0 saturated heterocycles. The highest BCUT2D eigenvalue weighted by Crippen LogP contribution is 2.15. The van der Waals surface area contributed by atoms with Gasteiger partial charge in [0, 0.05) is 6.26 Å². The molecule has 2 N–H and O–H groups in total. The van der Waals surface area contributed by atoms with Crippen molar-refractivity contribution in [3.8, 4) is 0 Å². The summed E-state index contributed by atoms with van der Waals surface area (Å²) < 4.78 is 22.5. The average Bonchev–Trinajstić information content (AvgIpc) is 2.62. The summed E-state index contributed by atoms with van der Waals surface area (Å²) in [6.07, 6.45) is 27.6. The molecule has 0 saturated carbocycles. The van der Waals surface area contributed by atoms with Crippen LogP contribution in [0, 0.1) is 0 Å². The van der Waals surface area contributed by atoms with Crippen molar-refractivity contribution in [2.24, 2.45) is 5.73 Å². The lowest BCUT2D eigenvalue weighted by Crippen LogP contribution is -2.29. The van der Waals surface area contributed by atoms with Gasteiger partial charge in [0.1, 0.15) is 5.37 Å². The van der Waals surface area contributed by atoms with E-state index in [1.165, 1.54) is 115 Å². The summed E-state index contributed by atoms with van der Waals surface area (Å²) >= 11 is 0. The van der Waals surface area contributed by atoms with Gasteiger partial charge in [-0.2, -0.15) is 0 Å². The van der Waals surface area contributed by atoms with Gasteiger partial charge in [-0.05, 0) is 6.42 Å². The zero-order valence-corrected chi connectivity index (χ0v) is 20.6. The molecule has 0 spiro atoms. The molecule has 0 aliphatic heterocycles. The van der Waals surface area contributed by atoms with Gasteiger partial charge in [-0.3, -0.25) is 0 Å². The predicted octanol–water partition coefficient (Wildman–Crippen LogP) is 7.56. The van der Waals surface area contributed by atoms with Crippen LogP contribution in [0.4, 0.5) is 0 Å². The highest BCUT2D eigenvalue weighted by atomic mass is 35.5. The summed E-state index contributed by atoms with van der Waals surface area (Å²) in [6.45, 7) is 2.28.